The van der Waals surface area contributed by atoms with Gasteiger partial charge in [0.1, 0.15) is 0 Å². The zero-order chi connectivity index (χ0) is 11.3. The lowest BCUT2D eigenvalue weighted by atomic mass is 10.0. The van der Waals surface area contributed by atoms with Crippen LogP contribution in [0.4, 0.5) is 0 Å². The topological polar surface area (TPSA) is 74.6 Å². The maximum Gasteiger partial charge on any atom is 0.328 e. The molecular weight excluding hydrogens is 196 g/mol. The molecule has 78 valence electrons. The second kappa shape index (κ2) is 4.95. The van der Waals surface area contributed by atoms with Crippen molar-refractivity contribution in [3.05, 3.63) is 42.0 Å². The quantitative estimate of drug-likeness (QED) is 0.734. The molecule has 0 aliphatic rings. The summed E-state index contributed by atoms with van der Waals surface area (Å²) in [5, 5.41) is 17.2. The van der Waals surface area contributed by atoms with Crippen molar-refractivity contribution in [3.8, 4) is 0 Å². The van der Waals surface area contributed by atoms with E-state index in [2.05, 4.69) is 0 Å². The molecule has 0 aliphatic heterocycles. The van der Waals surface area contributed by atoms with E-state index in [0.29, 0.717) is 5.56 Å². The Morgan fingerprint density at radius 1 is 1.13 bits per heavy atom. The van der Waals surface area contributed by atoms with Crippen LogP contribution in [0.25, 0.3) is 5.57 Å². The molecule has 4 nitrogen and oxygen atoms in total. The molecule has 0 aromatic heterocycles. The molecule has 0 saturated carbocycles. The van der Waals surface area contributed by atoms with E-state index in [-0.39, 0.29) is 12.0 Å². The summed E-state index contributed by atoms with van der Waals surface area (Å²) in [6.45, 7) is 0. The van der Waals surface area contributed by atoms with Crippen molar-refractivity contribution in [1.29, 1.82) is 0 Å². The van der Waals surface area contributed by atoms with Gasteiger partial charge in [0.25, 0.3) is 0 Å². The Morgan fingerprint density at radius 2 is 1.73 bits per heavy atom. The van der Waals surface area contributed by atoms with Crippen LogP contribution in [0.2, 0.25) is 0 Å². The van der Waals surface area contributed by atoms with Crippen molar-refractivity contribution in [1.82, 2.24) is 0 Å². The third kappa shape index (κ3) is 3.64. The van der Waals surface area contributed by atoms with Crippen molar-refractivity contribution in [2.75, 3.05) is 0 Å². The zero-order valence-electron chi connectivity index (χ0n) is 7.88. The van der Waals surface area contributed by atoms with Gasteiger partial charge in [0.05, 0.1) is 6.42 Å². The third-order valence-corrected chi connectivity index (χ3v) is 1.78. The number of hydrogen-bond donors (Lipinski definition) is 2. The second-order valence-electron chi connectivity index (χ2n) is 2.94. The van der Waals surface area contributed by atoms with E-state index in [1.807, 2.05) is 0 Å². The number of hydrogen-bond acceptors (Lipinski definition) is 2. The normalized spacial score (nSPS) is 11.1. The van der Waals surface area contributed by atoms with E-state index < -0.39 is 11.9 Å². The Labute approximate surface area is 86.5 Å². The van der Waals surface area contributed by atoms with E-state index in [1.165, 1.54) is 0 Å². The van der Waals surface area contributed by atoms with Crippen LogP contribution in [-0.2, 0) is 9.59 Å². The minimum atomic E-state index is -1.14. The lowest BCUT2D eigenvalue weighted by Gasteiger charge is -2.03. The largest absolute Gasteiger partial charge is 0.481 e. The Kier molecular flexibility index (Phi) is 3.62. The first kappa shape index (κ1) is 11.0. The molecular formula is C11H10O4. The minimum Gasteiger partial charge on any atom is -0.481 e. The fraction of sp³-hybridized carbons (Fsp3) is 0.0909. The van der Waals surface area contributed by atoms with Gasteiger partial charge in [0, 0.05) is 6.08 Å². The summed E-state index contributed by atoms with van der Waals surface area (Å²) >= 11 is 0. The third-order valence-electron chi connectivity index (χ3n) is 1.78. The molecule has 0 saturated heterocycles. The van der Waals surface area contributed by atoms with Crippen molar-refractivity contribution >= 4 is 17.5 Å². The Morgan fingerprint density at radius 3 is 2.20 bits per heavy atom. The van der Waals surface area contributed by atoms with E-state index in [1.54, 1.807) is 30.3 Å². The van der Waals surface area contributed by atoms with Crippen LogP contribution in [0.15, 0.2) is 36.4 Å². The number of benzene rings is 1. The summed E-state index contributed by atoms with van der Waals surface area (Å²) in [7, 11) is 0. The lowest BCUT2D eigenvalue weighted by Crippen LogP contribution is -2.00. The summed E-state index contributed by atoms with van der Waals surface area (Å²) < 4.78 is 0. The molecule has 4 heteroatoms. The molecule has 0 amide bonds. The van der Waals surface area contributed by atoms with Crippen molar-refractivity contribution in [3.63, 3.8) is 0 Å². The highest BCUT2D eigenvalue weighted by Gasteiger charge is 2.08. The van der Waals surface area contributed by atoms with Gasteiger partial charge < -0.3 is 10.2 Å². The maximum atomic E-state index is 10.5. The van der Waals surface area contributed by atoms with Crippen LogP contribution >= 0.6 is 0 Å². The maximum absolute atomic E-state index is 10.5. The molecule has 0 bridgehead atoms. The fourth-order valence-corrected chi connectivity index (χ4v) is 1.20. The van der Waals surface area contributed by atoms with Crippen LogP contribution < -0.4 is 0 Å². The molecule has 15 heavy (non-hydrogen) atoms. The van der Waals surface area contributed by atoms with Crippen molar-refractivity contribution in [2.45, 2.75) is 6.42 Å². The van der Waals surface area contributed by atoms with Gasteiger partial charge in [-0.25, -0.2) is 4.79 Å². The standard InChI is InChI=1S/C11H10O4/c12-10(13)6-9(7-11(14)15)8-4-2-1-3-5-8/h1-6H,7H2,(H,12,13)(H,14,15)/b9-6+. The Hall–Kier alpha value is -2.10. The predicted molar refractivity (Wildman–Crippen MR) is 54.3 cm³/mol. The first-order valence-electron chi connectivity index (χ1n) is 4.30. The Balaban J connectivity index is 3.02. The van der Waals surface area contributed by atoms with Crippen molar-refractivity contribution in [2.24, 2.45) is 0 Å². The molecule has 1 rings (SSSR count). The summed E-state index contributed by atoms with van der Waals surface area (Å²) in [5.74, 6) is -2.19. The van der Waals surface area contributed by atoms with Gasteiger partial charge in [-0.05, 0) is 11.1 Å². The molecule has 0 fully saturated rings. The lowest BCUT2D eigenvalue weighted by molar-refractivity contribution is -0.135. The van der Waals surface area contributed by atoms with Gasteiger partial charge in [-0.15, -0.1) is 0 Å². The van der Waals surface area contributed by atoms with Gasteiger partial charge in [0.15, 0.2) is 0 Å². The summed E-state index contributed by atoms with van der Waals surface area (Å²) in [4.78, 5) is 21.0. The molecule has 0 unspecified atom stereocenters. The second-order valence-corrected chi connectivity index (χ2v) is 2.94. The predicted octanol–water partition coefficient (Wildman–Crippen LogP) is 1.63. The van der Waals surface area contributed by atoms with Crippen LogP contribution in [0, 0.1) is 0 Å². The van der Waals surface area contributed by atoms with E-state index in [9.17, 15) is 9.59 Å². The first-order valence-corrected chi connectivity index (χ1v) is 4.30. The average molecular weight is 206 g/mol. The summed E-state index contributed by atoms with van der Waals surface area (Å²) in [6.07, 6.45) is 0.625. The van der Waals surface area contributed by atoms with Gasteiger partial charge in [-0.3, -0.25) is 4.79 Å². The van der Waals surface area contributed by atoms with Gasteiger partial charge in [0.2, 0.25) is 0 Å². The molecule has 1 aromatic carbocycles. The highest BCUT2D eigenvalue weighted by molar-refractivity contribution is 5.94. The van der Waals surface area contributed by atoms with Crippen LogP contribution in [0.5, 0.6) is 0 Å². The van der Waals surface area contributed by atoms with E-state index in [0.717, 1.165) is 6.08 Å². The number of carboxylic acids is 2. The summed E-state index contributed by atoms with van der Waals surface area (Å²) in [6, 6.07) is 8.60. The number of carboxylic acid groups (broad SMARTS) is 2. The smallest absolute Gasteiger partial charge is 0.328 e. The van der Waals surface area contributed by atoms with E-state index >= 15 is 0 Å². The van der Waals surface area contributed by atoms with Gasteiger partial charge >= 0.3 is 11.9 Å². The van der Waals surface area contributed by atoms with Crippen LogP contribution in [0.3, 0.4) is 0 Å². The zero-order valence-corrected chi connectivity index (χ0v) is 7.88. The molecule has 0 spiro atoms. The number of rotatable bonds is 4. The molecule has 0 atom stereocenters. The monoisotopic (exact) mass is 206 g/mol. The SMILES string of the molecule is O=C(O)/C=C(\CC(=O)O)c1ccccc1. The number of carbonyl (C=O) groups is 2. The van der Waals surface area contributed by atoms with Gasteiger partial charge in [-0.2, -0.15) is 0 Å². The molecule has 0 radical (unpaired) electrons. The number of aliphatic carboxylic acids is 2. The van der Waals surface area contributed by atoms with Crippen LogP contribution in [-0.4, -0.2) is 22.2 Å². The Bertz CT molecular complexity index is 392. The molecule has 1 aromatic rings. The minimum absolute atomic E-state index is 0.288. The highest BCUT2D eigenvalue weighted by Crippen LogP contribution is 2.17. The van der Waals surface area contributed by atoms with Crippen LogP contribution in [0.1, 0.15) is 12.0 Å². The van der Waals surface area contributed by atoms with E-state index in [4.69, 9.17) is 10.2 Å². The van der Waals surface area contributed by atoms with Crippen molar-refractivity contribution < 1.29 is 19.8 Å². The average Bonchev–Trinajstić information content (AvgIpc) is 2.17. The highest BCUT2D eigenvalue weighted by atomic mass is 16.4. The first-order chi connectivity index (χ1) is 7.09. The summed E-state index contributed by atoms with van der Waals surface area (Å²) in [5.41, 5.74) is 0.901. The fourth-order valence-electron chi connectivity index (χ4n) is 1.20. The van der Waals surface area contributed by atoms with Gasteiger partial charge in [-0.1, -0.05) is 30.3 Å². The molecule has 0 heterocycles. The molecule has 0 aliphatic carbocycles. The molecule has 2 N–H and O–H groups in total.